The highest BCUT2D eigenvalue weighted by molar-refractivity contribution is 7.89. The van der Waals surface area contributed by atoms with Gasteiger partial charge in [-0.25, -0.2) is 17.2 Å². The maximum Gasteiger partial charge on any atom is 0.244 e. The van der Waals surface area contributed by atoms with Crippen molar-refractivity contribution in [3.63, 3.8) is 0 Å². The van der Waals surface area contributed by atoms with Gasteiger partial charge in [-0.1, -0.05) is 60.7 Å². The van der Waals surface area contributed by atoms with Crippen LogP contribution in [0, 0.1) is 11.6 Å². The van der Waals surface area contributed by atoms with E-state index in [0.29, 0.717) is 5.56 Å². The molecule has 0 aliphatic rings. The molecule has 3 rings (SSSR count). The molecule has 0 spiro atoms. The number of benzene rings is 3. The minimum absolute atomic E-state index is 0.0695. The first kappa shape index (κ1) is 22.6. The van der Waals surface area contributed by atoms with E-state index in [2.05, 4.69) is 10.0 Å². The lowest BCUT2D eigenvalue weighted by Crippen LogP contribution is -2.48. The van der Waals surface area contributed by atoms with Crippen molar-refractivity contribution in [2.45, 2.75) is 23.8 Å². The first-order valence-corrected chi connectivity index (χ1v) is 11.2. The van der Waals surface area contributed by atoms with Crippen molar-refractivity contribution in [2.75, 3.05) is 6.54 Å². The average molecular weight is 445 g/mol. The zero-order valence-electron chi connectivity index (χ0n) is 16.6. The van der Waals surface area contributed by atoms with Gasteiger partial charge >= 0.3 is 0 Å². The predicted molar refractivity (Wildman–Crippen MR) is 114 cm³/mol. The van der Waals surface area contributed by atoms with E-state index in [1.54, 1.807) is 48.5 Å². The van der Waals surface area contributed by atoms with Crippen molar-refractivity contribution in [3.8, 4) is 0 Å². The van der Waals surface area contributed by atoms with Gasteiger partial charge in [-0.15, -0.1) is 0 Å². The molecule has 162 valence electrons. The van der Waals surface area contributed by atoms with Crippen molar-refractivity contribution >= 4 is 15.9 Å². The Balaban J connectivity index is 1.75. The number of nitrogens with one attached hydrogen (secondary N) is 2. The van der Waals surface area contributed by atoms with Crippen LogP contribution in [0.2, 0.25) is 0 Å². The topological polar surface area (TPSA) is 75.3 Å². The molecule has 31 heavy (non-hydrogen) atoms. The summed E-state index contributed by atoms with van der Waals surface area (Å²) >= 11 is 0. The van der Waals surface area contributed by atoms with E-state index < -0.39 is 32.7 Å². The van der Waals surface area contributed by atoms with Crippen LogP contribution in [-0.4, -0.2) is 26.9 Å². The van der Waals surface area contributed by atoms with E-state index in [0.717, 1.165) is 17.7 Å². The summed E-state index contributed by atoms with van der Waals surface area (Å²) in [5.74, 6) is -1.87. The molecular formula is C23H22F2N2O3S. The highest BCUT2D eigenvalue weighted by atomic mass is 32.2. The number of amides is 1. The van der Waals surface area contributed by atoms with Gasteiger partial charge in [-0.2, -0.15) is 4.72 Å². The van der Waals surface area contributed by atoms with Crippen molar-refractivity contribution in [1.29, 1.82) is 0 Å². The highest BCUT2D eigenvalue weighted by Crippen LogP contribution is 2.15. The van der Waals surface area contributed by atoms with E-state index >= 15 is 0 Å². The van der Waals surface area contributed by atoms with Crippen LogP contribution in [0.25, 0.3) is 0 Å². The molecular weight excluding hydrogens is 422 g/mol. The molecule has 8 heteroatoms. The van der Waals surface area contributed by atoms with Gasteiger partial charge in [0.1, 0.15) is 22.6 Å². The molecule has 0 saturated carbocycles. The van der Waals surface area contributed by atoms with Gasteiger partial charge in [-0.3, -0.25) is 4.79 Å². The fourth-order valence-electron chi connectivity index (χ4n) is 3.10. The van der Waals surface area contributed by atoms with Crippen molar-refractivity contribution in [2.24, 2.45) is 0 Å². The van der Waals surface area contributed by atoms with E-state index in [1.807, 2.05) is 0 Å². The molecule has 3 aromatic carbocycles. The lowest BCUT2D eigenvalue weighted by atomic mass is 10.1. The van der Waals surface area contributed by atoms with E-state index in [9.17, 15) is 22.0 Å². The Morgan fingerprint density at radius 1 is 0.839 bits per heavy atom. The van der Waals surface area contributed by atoms with Gasteiger partial charge in [0.2, 0.25) is 15.9 Å². The number of carbonyl (C=O) groups excluding carboxylic acids is 1. The number of hydrogen-bond donors (Lipinski definition) is 2. The molecule has 0 fully saturated rings. The molecule has 1 unspecified atom stereocenters. The standard InChI is InChI=1S/C23H22F2N2O3S/c24-19-11-5-4-10-18(19)14-15-26-23(28)21(16-17-8-2-1-3-9-17)27-31(29,30)22-13-7-6-12-20(22)25/h1-13,21,27H,14-16H2,(H,26,28). The first-order valence-electron chi connectivity index (χ1n) is 9.69. The summed E-state index contributed by atoms with van der Waals surface area (Å²) in [4.78, 5) is 12.3. The SMILES string of the molecule is O=C(NCCc1ccccc1F)C(Cc1ccccc1)NS(=O)(=O)c1ccccc1F. The Kier molecular flexibility index (Phi) is 7.49. The molecule has 5 nitrogen and oxygen atoms in total. The van der Waals surface area contributed by atoms with Crippen molar-refractivity contribution in [1.82, 2.24) is 10.0 Å². The smallest absolute Gasteiger partial charge is 0.244 e. The summed E-state index contributed by atoms with van der Waals surface area (Å²) in [5, 5.41) is 2.64. The molecule has 1 amide bonds. The Bertz CT molecular complexity index is 1140. The van der Waals surface area contributed by atoms with Gasteiger partial charge in [-0.05, 0) is 42.2 Å². The van der Waals surface area contributed by atoms with Gasteiger partial charge < -0.3 is 5.32 Å². The van der Waals surface area contributed by atoms with Crippen LogP contribution in [0.5, 0.6) is 0 Å². The van der Waals surface area contributed by atoms with Crippen molar-refractivity contribution < 1.29 is 22.0 Å². The molecule has 0 saturated heterocycles. The summed E-state index contributed by atoms with van der Waals surface area (Å²) in [6.45, 7) is 0.118. The minimum Gasteiger partial charge on any atom is -0.354 e. The van der Waals surface area contributed by atoms with Crippen LogP contribution in [-0.2, 0) is 27.7 Å². The second-order valence-corrected chi connectivity index (χ2v) is 8.61. The zero-order valence-corrected chi connectivity index (χ0v) is 17.4. The van der Waals surface area contributed by atoms with Crippen LogP contribution in [0.3, 0.4) is 0 Å². The summed E-state index contributed by atoms with van der Waals surface area (Å²) in [5.41, 5.74) is 1.17. The highest BCUT2D eigenvalue weighted by Gasteiger charge is 2.27. The third kappa shape index (κ3) is 6.19. The number of rotatable bonds is 9. The van der Waals surface area contributed by atoms with Crippen molar-refractivity contribution in [3.05, 3.63) is 102 Å². The Labute approximate surface area is 180 Å². The molecule has 1 atom stereocenters. The molecule has 0 aliphatic heterocycles. The summed E-state index contributed by atoms with van der Waals surface area (Å²) in [7, 11) is -4.29. The molecule has 2 N–H and O–H groups in total. The molecule has 0 aromatic heterocycles. The number of halogens is 2. The number of carbonyl (C=O) groups is 1. The lowest BCUT2D eigenvalue weighted by molar-refractivity contribution is -0.122. The molecule has 0 bridgehead atoms. The Hall–Kier alpha value is -3.10. The fourth-order valence-corrected chi connectivity index (χ4v) is 4.37. The quantitative estimate of drug-likeness (QED) is 0.532. The first-order chi connectivity index (χ1) is 14.9. The summed E-state index contributed by atoms with van der Waals surface area (Å²) in [6.07, 6.45) is 0.316. The van der Waals surface area contributed by atoms with E-state index in [-0.39, 0.29) is 25.2 Å². The monoisotopic (exact) mass is 444 g/mol. The third-order valence-corrected chi connectivity index (χ3v) is 6.18. The number of sulfonamides is 1. The maximum atomic E-state index is 14.0. The Morgan fingerprint density at radius 2 is 1.45 bits per heavy atom. The van der Waals surface area contributed by atoms with E-state index in [1.165, 1.54) is 18.2 Å². The van der Waals surface area contributed by atoms with Gasteiger partial charge in [0.05, 0.1) is 0 Å². The summed E-state index contributed by atoms with van der Waals surface area (Å²) < 4.78 is 55.5. The third-order valence-electron chi connectivity index (χ3n) is 4.67. The largest absolute Gasteiger partial charge is 0.354 e. The number of hydrogen-bond acceptors (Lipinski definition) is 3. The molecule has 0 aliphatic carbocycles. The lowest BCUT2D eigenvalue weighted by Gasteiger charge is -2.19. The average Bonchev–Trinajstić information content (AvgIpc) is 2.75. The van der Waals surface area contributed by atoms with Crippen LogP contribution < -0.4 is 10.0 Å². The van der Waals surface area contributed by atoms with Gasteiger partial charge in [0.15, 0.2) is 0 Å². The van der Waals surface area contributed by atoms with Crippen LogP contribution in [0.1, 0.15) is 11.1 Å². The fraction of sp³-hybridized carbons (Fsp3) is 0.174. The van der Waals surface area contributed by atoms with Crippen LogP contribution >= 0.6 is 0 Å². The van der Waals surface area contributed by atoms with Crippen LogP contribution in [0.15, 0.2) is 83.8 Å². The normalized spacial score (nSPS) is 12.3. The minimum atomic E-state index is -4.29. The Morgan fingerprint density at radius 3 is 2.13 bits per heavy atom. The predicted octanol–water partition coefficient (Wildman–Crippen LogP) is 3.21. The molecule has 0 radical (unpaired) electrons. The summed E-state index contributed by atoms with van der Waals surface area (Å²) in [6, 6.07) is 18.9. The maximum absolute atomic E-state index is 14.0. The second-order valence-electron chi connectivity index (χ2n) is 6.93. The van der Waals surface area contributed by atoms with E-state index in [4.69, 9.17) is 0 Å². The second kappa shape index (κ2) is 10.3. The van der Waals surface area contributed by atoms with Gasteiger partial charge in [0, 0.05) is 6.54 Å². The molecule has 3 aromatic rings. The van der Waals surface area contributed by atoms with Gasteiger partial charge in [0.25, 0.3) is 0 Å². The van der Waals surface area contributed by atoms with Crippen LogP contribution in [0.4, 0.5) is 8.78 Å². The zero-order chi connectivity index (χ0) is 22.3. The molecule has 0 heterocycles.